The lowest BCUT2D eigenvalue weighted by molar-refractivity contribution is -0.153. The summed E-state index contributed by atoms with van der Waals surface area (Å²) in [5.41, 5.74) is 3.15. The van der Waals surface area contributed by atoms with Crippen LogP contribution in [0, 0.1) is 11.8 Å². The minimum atomic E-state index is -4.23. The molecule has 0 saturated heterocycles. The van der Waals surface area contributed by atoms with Gasteiger partial charge in [0.15, 0.2) is 11.4 Å². The van der Waals surface area contributed by atoms with Crippen LogP contribution < -0.4 is 10.6 Å². The van der Waals surface area contributed by atoms with E-state index in [4.69, 9.17) is 10.3 Å². The number of Topliss-reactive ketones (excluding diaryl/α,β-unsaturated/α-hetero) is 2. The molecule has 3 aliphatic carbocycles. The third-order valence-electron chi connectivity index (χ3n) is 9.79. The number of ketones is 2. The van der Waals surface area contributed by atoms with Gasteiger partial charge in [-0.25, -0.2) is 4.18 Å². The first-order valence-electron chi connectivity index (χ1n) is 17.2. The number of fused-ring (bicyclic) bond motifs is 3. The van der Waals surface area contributed by atoms with Gasteiger partial charge in [0.25, 0.3) is 5.91 Å². The van der Waals surface area contributed by atoms with Crippen LogP contribution in [0.2, 0.25) is 0 Å². The number of nitrogens with two attached hydrogens (primary N) is 1. The molecule has 4 atom stereocenters. The zero-order chi connectivity index (χ0) is 37.6. The molecule has 3 aliphatic rings. The number of primary amides is 1. The molecule has 50 heavy (non-hydrogen) atoms. The lowest BCUT2D eigenvalue weighted by Crippen LogP contribution is -2.65. The smallest absolute Gasteiger partial charge is 0.397 e. The highest BCUT2D eigenvalue weighted by Gasteiger charge is 2.64. The van der Waals surface area contributed by atoms with Gasteiger partial charge >= 0.3 is 10.4 Å². The van der Waals surface area contributed by atoms with Crippen molar-refractivity contribution in [3.05, 3.63) is 40.2 Å². The van der Waals surface area contributed by atoms with Crippen molar-refractivity contribution in [1.29, 1.82) is 0 Å². The number of phenolic OH excluding ortho intramolecular Hbond substituents is 1. The van der Waals surface area contributed by atoms with Gasteiger partial charge in [-0.1, -0.05) is 64.7 Å². The van der Waals surface area contributed by atoms with E-state index < -0.39 is 68.4 Å². The Morgan fingerprint density at radius 1 is 0.960 bits per heavy atom. The summed E-state index contributed by atoms with van der Waals surface area (Å²) in [7, 11) is 2.51. The van der Waals surface area contributed by atoms with E-state index in [2.05, 4.69) is 11.1 Å². The number of hydrogen-bond donors (Lipinski definition) is 6. The lowest BCUT2D eigenvalue weighted by Gasteiger charge is -2.50. The van der Waals surface area contributed by atoms with Crippen LogP contribution in [0.1, 0.15) is 88.7 Å². The minimum absolute atomic E-state index is 0.0638. The molecule has 0 radical (unpaired) electrons. The fraction of sp³-hybridized carbons (Fsp3) is 0.629. The Hall–Kier alpha value is -3.50. The number of aliphatic hydroxyl groups is 3. The van der Waals surface area contributed by atoms with Gasteiger partial charge in [-0.05, 0) is 57.0 Å². The molecule has 0 unspecified atom stereocenters. The number of aliphatic hydroxyl groups excluding tert-OH is 2. The predicted molar refractivity (Wildman–Crippen MR) is 188 cm³/mol. The van der Waals surface area contributed by atoms with E-state index in [9.17, 15) is 43.2 Å². The molecular formula is C35H53N3O11S. The van der Waals surface area contributed by atoms with E-state index in [-0.39, 0.29) is 36.3 Å². The van der Waals surface area contributed by atoms with Crippen molar-refractivity contribution in [1.82, 2.24) is 4.90 Å². The predicted octanol–water partition coefficient (Wildman–Crippen LogP) is 3.76. The van der Waals surface area contributed by atoms with Crippen molar-refractivity contribution >= 4 is 39.3 Å². The van der Waals surface area contributed by atoms with Gasteiger partial charge in [0.2, 0.25) is 5.78 Å². The second-order valence-electron chi connectivity index (χ2n) is 13.7. The highest BCUT2D eigenvalue weighted by Crippen LogP contribution is 2.53. The van der Waals surface area contributed by atoms with Crippen LogP contribution in [-0.2, 0) is 35.4 Å². The summed E-state index contributed by atoms with van der Waals surface area (Å²) in [6.07, 6.45) is 12.2. The number of anilines is 1. The number of benzene rings is 1. The van der Waals surface area contributed by atoms with Crippen LogP contribution in [-0.4, -0.2) is 102 Å². The summed E-state index contributed by atoms with van der Waals surface area (Å²) >= 11 is 0. The average molecular weight is 724 g/mol. The van der Waals surface area contributed by atoms with Gasteiger partial charge in [-0.15, -0.1) is 0 Å². The molecule has 0 aliphatic heterocycles. The number of carbonyl (C=O) groups is 3. The minimum Gasteiger partial charge on any atom is -0.508 e. The maximum atomic E-state index is 13.7. The van der Waals surface area contributed by atoms with Crippen LogP contribution in [0.5, 0.6) is 5.75 Å². The number of rotatable bonds is 15. The van der Waals surface area contributed by atoms with E-state index >= 15 is 0 Å². The maximum Gasteiger partial charge on any atom is 0.397 e. The number of carbonyl (C=O) groups excluding carboxylic acids is 3. The molecule has 1 aromatic rings. The summed E-state index contributed by atoms with van der Waals surface area (Å²) in [6.45, 7) is 2.31. The van der Waals surface area contributed by atoms with Crippen molar-refractivity contribution in [3.8, 4) is 5.75 Å². The van der Waals surface area contributed by atoms with E-state index in [0.717, 1.165) is 18.5 Å². The fourth-order valence-electron chi connectivity index (χ4n) is 7.40. The normalized spacial score (nSPS) is 23.2. The third kappa shape index (κ3) is 8.86. The van der Waals surface area contributed by atoms with Gasteiger partial charge in [0, 0.05) is 31.3 Å². The molecule has 4 rings (SSSR count). The molecule has 0 heterocycles. The first kappa shape index (κ1) is 40.9. The number of phenols is 1. The molecule has 0 bridgehead atoms. The fourth-order valence-corrected chi connectivity index (χ4v) is 7.73. The highest BCUT2D eigenvalue weighted by molar-refractivity contribution is 7.80. The Morgan fingerprint density at radius 2 is 1.52 bits per heavy atom. The second-order valence-corrected chi connectivity index (χ2v) is 14.8. The summed E-state index contributed by atoms with van der Waals surface area (Å²) in [6, 6.07) is 2.01. The first-order chi connectivity index (χ1) is 23.4. The second kappa shape index (κ2) is 17.1. The monoisotopic (exact) mass is 723 g/mol. The molecule has 0 aromatic heterocycles. The standard InChI is InChI=1S/C23H27N3O7.C12H26O4S/c1-25(2)12-5-6-13(27)15-10(12)7-9-8-11-17(26(3)4)19(29)16(22(24)32)21(31)23(11,33)20(30)14(9)18(15)28;1-2-3-4-5-6-7-8-9-10-11-12-16-17(13,14)15/h5-6,9,11,17,27-28,31,33H,7-8H2,1-4H3,(H2,24,32);2-12H2,1H3,(H,13,14,15)/t9-,11+,17-,23-;/m0./s1. The molecule has 1 amide bonds. The summed E-state index contributed by atoms with van der Waals surface area (Å²) in [5.74, 6) is -6.54. The van der Waals surface area contributed by atoms with Crippen LogP contribution in [0.15, 0.2) is 29.0 Å². The Bertz CT molecular complexity index is 1600. The van der Waals surface area contributed by atoms with Crippen molar-refractivity contribution in [2.75, 3.05) is 39.7 Å². The van der Waals surface area contributed by atoms with Crippen molar-refractivity contribution in [2.45, 2.75) is 95.6 Å². The molecule has 1 aromatic carbocycles. The van der Waals surface area contributed by atoms with Gasteiger partial charge < -0.3 is 31.1 Å². The summed E-state index contributed by atoms with van der Waals surface area (Å²) in [4.78, 5) is 42.0. The quantitative estimate of drug-likeness (QED) is 0.0862. The van der Waals surface area contributed by atoms with Gasteiger partial charge in [0.05, 0.1) is 18.2 Å². The molecule has 0 spiro atoms. The first-order valence-corrected chi connectivity index (χ1v) is 18.5. The van der Waals surface area contributed by atoms with Crippen LogP contribution in [0.4, 0.5) is 5.69 Å². The third-order valence-corrected chi connectivity index (χ3v) is 10.3. The highest BCUT2D eigenvalue weighted by atomic mass is 32.3. The number of nitrogens with zero attached hydrogens (tertiary/aromatic N) is 2. The maximum absolute atomic E-state index is 13.7. The van der Waals surface area contributed by atoms with Gasteiger partial charge in [0.1, 0.15) is 22.8 Å². The van der Waals surface area contributed by atoms with Crippen molar-refractivity contribution < 1.29 is 52.0 Å². The van der Waals surface area contributed by atoms with E-state index in [1.165, 1.54) is 55.9 Å². The number of unbranched alkanes of at least 4 members (excludes halogenated alkanes) is 9. The number of amides is 1. The van der Waals surface area contributed by atoms with Crippen LogP contribution in [0.3, 0.4) is 0 Å². The molecule has 15 heteroatoms. The van der Waals surface area contributed by atoms with E-state index in [1.807, 2.05) is 19.0 Å². The largest absolute Gasteiger partial charge is 0.508 e. The summed E-state index contributed by atoms with van der Waals surface area (Å²) in [5, 5.41) is 43.9. The topological polar surface area (TPSA) is 228 Å². The SMILES string of the molecule is CCCCCCCCCCCCOS(=O)(=O)O.CN(C)c1ccc(O)c2c1C[C@H]1C[C@@H]3[C@H](N(C)C)C(=O)C(C(N)=O)=C(O)[C@@]3(O)C(=O)C1=C2O. The molecular weight excluding hydrogens is 670 g/mol. The average Bonchev–Trinajstić information content (AvgIpc) is 3.01. The molecule has 7 N–H and O–H groups in total. The van der Waals surface area contributed by atoms with Crippen molar-refractivity contribution in [2.24, 2.45) is 17.6 Å². The van der Waals surface area contributed by atoms with Crippen LogP contribution >= 0.6 is 0 Å². The lowest BCUT2D eigenvalue weighted by atomic mass is 9.57. The number of hydrogen-bond acceptors (Lipinski definition) is 12. The van der Waals surface area contributed by atoms with Crippen LogP contribution in [0.25, 0.3) is 5.76 Å². The van der Waals surface area contributed by atoms with Crippen molar-refractivity contribution in [3.63, 3.8) is 0 Å². The zero-order valence-electron chi connectivity index (χ0n) is 29.6. The van der Waals surface area contributed by atoms with E-state index in [1.54, 1.807) is 20.2 Å². The Balaban J connectivity index is 0.000000338. The molecule has 1 saturated carbocycles. The Kier molecular flexibility index (Phi) is 14.0. The number of aromatic hydroxyl groups is 1. The van der Waals surface area contributed by atoms with Gasteiger partial charge in [-0.2, -0.15) is 8.42 Å². The van der Waals surface area contributed by atoms with E-state index in [0.29, 0.717) is 12.0 Å². The number of likely N-dealkylation sites (N-methyl/N-ethyl adjacent to an activating group) is 1. The zero-order valence-corrected chi connectivity index (χ0v) is 30.5. The Morgan fingerprint density at radius 3 is 2.02 bits per heavy atom. The molecule has 280 valence electrons. The molecule has 1 fully saturated rings. The Labute approximate surface area is 294 Å². The van der Waals surface area contributed by atoms with Gasteiger partial charge in [-0.3, -0.25) is 23.8 Å². The summed E-state index contributed by atoms with van der Waals surface area (Å²) < 4.78 is 33.0. The molecule has 14 nitrogen and oxygen atoms in total.